The number of aryl methyl sites for hydroxylation is 1. The first-order valence-electron chi connectivity index (χ1n) is 6.29. The maximum atomic E-state index is 6.19. The molecule has 18 heavy (non-hydrogen) atoms. The smallest absolute Gasteiger partial charge is 0.119 e. The van der Waals surface area contributed by atoms with Gasteiger partial charge in [0, 0.05) is 5.56 Å². The molecule has 1 atom stereocenters. The Hall–Kier alpha value is -1.74. The van der Waals surface area contributed by atoms with Crippen LogP contribution in [0.5, 0.6) is 5.75 Å². The second kappa shape index (κ2) is 4.50. The first kappa shape index (κ1) is 11.4. The molecule has 1 aromatic carbocycles. The van der Waals surface area contributed by atoms with E-state index in [9.17, 15) is 0 Å². The van der Waals surface area contributed by atoms with Gasteiger partial charge in [-0.3, -0.25) is 0 Å². The van der Waals surface area contributed by atoms with Crippen molar-refractivity contribution in [2.45, 2.75) is 31.9 Å². The summed E-state index contributed by atoms with van der Waals surface area (Å²) in [5.41, 5.74) is 8.26. The Morgan fingerprint density at radius 2 is 1.94 bits per heavy atom. The zero-order valence-corrected chi connectivity index (χ0v) is 10.4. The summed E-state index contributed by atoms with van der Waals surface area (Å²) >= 11 is 0. The first-order valence-corrected chi connectivity index (χ1v) is 6.29. The molecule has 1 unspecified atom stereocenters. The molecule has 1 aromatic heterocycles. The second-order valence-corrected chi connectivity index (χ2v) is 4.85. The SMILES string of the molecule is Cc1cc(C(N)c2ccc(OC3CC3)cc2)co1. The minimum atomic E-state index is -0.141. The van der Waals surface area contributed by atoms with Gasteiger partial charge in [0.05, 0.1) is 18.4 Å². The zero-order chi connectivity index (χ0) is 12.5. The van der Waals surface area contributed by atoms with E-state index in [0.29, 0.717) is 6.10 Å². The maximum Gasteiger partial charge on any atom is 0.119 e. The number of hydrogen-bond acceptors (Lipinski definition) is 3. The lowest BCUT2D eigenvalue weighted by molar-refractivity contribution is 0.303. The van der Waals surface area contributed by atoms with Crippen LogP contribution in [-0.2, 0) is 0 Å². The fraction of sp³-hybridized carbons (Fsp3) is 0.333. The molecular weight excluding hydrogens is 226 g/mol. The molecule has 0 bridgehead atoms. The van der Waals surface area contributed by atoms with Gasteiger partial charge >= 0.3 is 0 Å². The van der Waals surface area contributed by atoms with Gasteiger partial charge in [-0.2, -0.15) is 0 Å². The average molecular weight is 243 g/mol. The van der Waals surface area contributed by atoms with Crippen LogP contribution in [0.1, 0.15) is 35.8 Å². The molecule has 1 saturated carbocycles. The molecule has 0 aliphatic heterocycles. The lowest BCUT2D eigenvalue weighted by Gasteiger charge is -2.11. The largest absolute Gasteiger partial charge is 0.490 e. The highest BCUT2D eigenvalue weighted by Crippen LogP contribution is 2.28. The number of hydrogen-bond donors (Lipinski definition) is 1. The molecule has 1 heterocycles. The average Bonchev–Trinajstić information content (AvgIpc) is 3.09. The Kier molecular flexibility index (Phi) is 2.84. The molecule has 1 fully saturated rings. The van der Waals surface area contributed by atoms with Crippen molar-refractivity contribution >= 4 is 0 Å². The van der Waals surface area contributed by atoms with E-state index in [-0.39, 0.29) is 6.04 Å². The topological polar surface area (TPSA) is 48.4 Å². The van der Waals surface area contributed by atoms with Crippen LogP contribution in [0.4, 0.5) is 0 Å². The van der Waals surface area contributed by atoms with Crippen LogP contribution in [0.3, 0.4) is 0 Å². The van der Waals surface area contributed by atoms with E-state index in [1.165, 1.54) is 12.8 Å². The summed E-state index contributed by atoms with van der Waals surface area (Å²) in [6, 6.07) is 9.84. The molecule has 0 saturated heterocycles. The maximum absolute atomic E-state index is 6.19. The van der Waals surface area contributed by atoms with Crippen molar-refractivity contribution in [3.8, 4) is 5.75 Å². The van der Waals surface area contributed by atoms with Gasteiger partial charge in [0.25, 0.3) is 0 Å². The number of furan rings is 1. The number of rotatable bonds is 4. The van der Waals surface area contributed by atoms with E-state index < -0.39 is 0 Å². The van der Waals surface area contributed by atoms with Crippen molar-refractivity contribution in [1.29, 1.82) is 0 Å². The molecule has 0 radical (unpaired) electrons. The highest BCUT2D eigenvalue weighted by molar-refractivity contribution is 5.34. The van der Waals surface area contributed by atoms with Gasteiger partial charge in [0.1, 0.15) is 11.5 Å². The number of benzene rings is 1. The summed E-state index contributed by atoms with van der Waals surface area (Å²) < 4.78 is 11.0. The third-order valence-electron chi connectivity index (χ3n) is 3.18. The van der Waals surface area contributed by atoms with Crippen LogP contribution in [-0.4, -0.2) is 6.10 Å². The highest BCUT2D eigenvalue weighted by Gasteiger charge is 2.23. The van der Waals surface area contributed by atoms with E-state index >= 15 is 0 Å². The zero-order valence-electron chi connectivity index (χ0n) is 10.4. The number of nitrogens with two attached hydrogens (primary N) is 1. The van der Waals surface area contributed by atoms with Gasteiger partial charge in [-0.25, -0.2) is 0 Å². The summed E-state index contributed by atoms with van der Waals surface area (Å²) in [4.78, 5) is 0. The van der Waals surface area contributed by atoms with E-state index in [2.05, 4.69) is 0 Å². The fourth-order valence-electron chi connectivity index (χ4n) is 1.95. The molecule has 2 N–H and O–H groups in total. The summed E-state index contributed by atoms with van der Waals surface area (Å²) in [7, 11) is 0. The molecule has 3 nitrogen and oxygen atoms in total. The predicted molar refractivity (Wildman–Crippen MR) is 69.6 cm³/mol. The predicted octanol–water partition coefficient (Wildman–Crippen LogP) is 3.18. The van der Waals surface area contributed by atoms with Gasteiger partial charge in [0.2, 0.25) is 0 Å². The molecule has 1 aliphatic carbocycles. The summed E-state index contributed by atoms with van der Waals surface area (Å²) in [5, 5.41) is 0. The van der Waals surface area contributed by atoms with Gasteiger partial charge in [-0.1, -0.05) is 12.1 Å². The van der Waals surface area contributed by atoms with Crippen LogP contribution >= 0.6 is 0 Å². The Morgan fingerprint density at radius 1 is 1.22 bits per heavy atom. The highest BCUT2D eigenvalue weighted by atomic mass is 16.5. The minimum absolute atomic E-state index is 0.141. The monoisotopic (exact) mass is 243 g/mol. The van der Waals surface area contributed by atoms with Gasteiger partial charge < -0.3 is 14.9 Å². The normalized spacial score (nSPS) is 16.6. The van der Waals surface area contributed by atoms with Crippen molar-refractivity contribution in [3.05, 3.63) is 53.5 Å². The van der Waals surface area contributed by atoms with Crippen molar-refractivity contribution in [3.63, 3.8) is 0 Å². The summed E-state index contributed by atoms with van der Waals surface area (Å²) in [6.45, 7) is 1.92. The van der Waals surface area contributed by atoms with E-state index in [0.717, 1.165) is 22.6 Å². The van der Waals surface area contributed by atoms with Crippen LogP contribution in [0, 0.1) is 6.92 Å². The standard InChI is InChI=1S/C15H17NO2/c1-10-8-12(9-17-10)15(16)11-2-4-13(5-3-11)18-14-6-7-14/h2-5,8-9,14-15H,6-7,16H2,1H3. The van der Waals surface area contributed by atoms with Crippen LogP contribution in [0.2, 0.25) is 0 Å². The van der Waals surface area contributed by atoms with E-state index in [4.69, 9.17) is 14.9 Å². The summed E-state index contributed by atoms with van der Waals surface area (Å²) in [6.07, 6.45) is 4.50. The Morgan fingerprint density at radius 3 is 2.50 bits per heavy atom. The Balaban J connectivity index is 1.74. The van der Waals surface area contributed by atoms with Gasteiger partial charge in [0.15, 0.2) is 0 Å². The molecule has 3 heteroatoms. The molecule has 3 rings (SSSR count). The van der Waals surface area contributed by atoms with Crippen molar-refractivity contribution in [1.82, 2.24) is 0 Å². The first-order chi connectivity index (χ1) is 8.72. The van der Waals surface area contributed by atoms with Crippen LogP contribution < -0.4 is 10.5 Å². The van der Waals surface area contributed by atoms with Crippen LogP contribution in [0.15, 0.2) is 41.0 Å². The van der Waals surface area contributed by atoms with Gasteiger partial charge in [-0.05, 0) is 43.5 Å². The quantitative estimate of drug-likeness (QED) is 0.897. The molecule has 2 aromatic rings. The van der Waals surface area contributed by atoms with Crippen molar-refractivity contribution in [2.75, 3.05) is 0 Å². The lowest BCUT2D eigenvalue weighted by atomic mass is 10.0. The van der Waals surface area contributed by atoms with Crippen LogP contribution in [0.25, 0.3) is 0 Å². The lowest BCUT2D eigenvalue weighted by Crippen LogP contribution is -2.10. The molecule has 1 aliphatic rings. The molecule has 94 valence electrons. The van der Waals surface area contributed by atoms with E-state index in [1.54, 1.807) is 6.26 Å². The van der Waals surface area contributed by atoms with Crippen molar-refractivity contribution < 1.29 is 9.15 Å². The minimum Gasteiger partial charge on any atom is -0.490 e. The second-order valence-electron chi connectivity index (χ2n) is 4.85. The molecular formula is C15H17NO2. The van der Waals surface area contributed by atoms with E-state index in [1.807, 2.05) is 37.3 Å². The fourth-order valence-corrected chi connectivity index (χ4v) is 1.95. The Labute approximate surface area is 107 Å². The molecule has 0 spiro atoms. The third kappa shape index (κ3) is 2.41. The Bertz CT molecular complexity index is 526. The molecule has 0 amide bonds. The third-order valence-corrected chi connectivity index (χ3v) is 3.18. The van der Waals surface area contributed by atoms with Gasteiger partial charge in [-0.15, -0.1) is 0 Å². The number of ether oxygens (including phenoxy) is 1. The summed E-state index contributed by atoms with van der Waals surface area (Å²) in [5.74, 6) is 1.81. The van der Waals surface area contributed by atoms with Crippen molar-refractivity contribution in [2.24, 2.45) is 5.73 Å².